The maximum Gasteiger partial charge on any atom is 0.298 e. The summed E-state index contributed by atoms with van der Waals surface area (Å²) in [4.78, 5) is 39.9. The molecule has 1 fully saturated rings. The first-order valence-corrected chi connectivity index (χ1v) is 11.2. The standard InChI is InChI=1S/C26H23N7O2/c1-2-5-22(34)32-15-12-19(16-32)23-20-11-14-29-26(27)33(20)24(31-23)17-7-9-18(10-8-17)25(35)30-21-6-3-4-13-28-21/h3-4,6-11,13-14,19H,12,15-16H2,1H3,(H2,27,29)(H,28,30,35). The highest BCUT2D eigenvalue weighted by atomic mass is 16.2. The first-order valence-electron chi connectivity index (χ1n) is 11.2. The number of nitrogens with one attached hydrogen (secondary N) is 1. The highest BCUT2D eigenvalue weighted by Crippen LogP contribution is 2.33. The van der Waals surface area contributed by atoms with Gasteiger partial charge in [0, 0.05) is 42.5 Å². The van der Waals surface area contributed by atoms with Crippen molar-refractivity contribution >= 4 is 29.1 Å². The number of nitrogen functional groups attached to an aromatic ring is 1. The van der Waals surface area contributed by atoms with E-state index in [0.717, 1.165) is 23.2 Å². The number of nitrogens with zero attached hydrogens (tertiary/aromatic N) is 5. The molecule has 1 aromatic carbocycles. The highest BCUT2D eigenvalue weighted by molar-refractivity contribution is 6.04. The van der Waals surface area contributed by atoms with Crippen LogP contribution in [0.1, 0.15) is 35.3 Å². The predicted molar refractivity (Wildman–Crippen MR) is 132 cm³/mol. The number of fused-ring (bicyclic) bond motifs is 1. The zero-order valence-corrected chi connectivity index (χ0v) is 19.1. The largest absolute Gasteiger partial charge is 0.369 e. The number of benzene rings is 1. The summed E-state index contributed by atoms with van der Waals surface area (Å²) < 4.78 is 1.81. The molecule has 0 aliphatic carbocycles. The first kappa shape index (κ1) is 22.1. The molecule has 9 heteroatoms. The lowest BCUT2D eigenvalue weighted by Crippen LogP contribution is -2.26. The zero-order chi connectivity index (χ0) is 24.4. The molecule has 1 aliphatic rings. The van der Waals surface area contributed by atoms with E-state index in [1.54, 1.807) is 48.5 Å². The van der Waals surface area contributed by atoms with Crippen LogP contribution >= 0.6 is 0 Å². The monoisotopic (exact) mass is 465 g/mol. The number of nitrogens with two attached hydrogens (primary N) is 1. The lowest BCUT2D eigenvalue weighted by atomic mass is 10.0. The lowest BCUT2D eigenvalue weighted by molar-refractivity contribution is -0.124. The number of amides is 2. The number of carbonyl (C=O) groups excluding carboxylic acids is 2. The number of hydrogen-bond donors (Lipinski definition) is 2. The third-order valence-electron chi connectivity index (χ3n) is 6.02. The molecule has 35 heavy (non-hydrogen) atoms. The normalized spacial score (nSPS) is 15.0. The van der Waals surface area contributed by atoms with Gasteiger partial charge in [0.25, 0.3) is 11.8 Å². The number of imidazole rings is 1. The van der Waals surface area contributed by atoms with Crippen LogP contribution in [-0.2, 0) is 4.79 Å². The number of aromatic nitrogens is 4. The summed E-state index contributed by atoms with van der Waals surface area (Å²) in [6.07, 6.45) is 4.07. The topological polar surface area (TPSA) is 119 Å². The van der Waals surface area contributed by atoms with Crippen molar-refractivity contribution in [1.29, 1.82) is 0 Å². The van der Waals surface area contributed by atoms with Crippen molar-refractivity contribution in [2.45, 2.75) is 19.3 Å². The van der Waals surface area contributed by atoms with Gasteiger partial charge < -0.3 is 16.0 Å². The molecule has 1 unspecified atom stereocenters. The van der Waals surface area contributed by atoms with E-state index in [4.69, 9.17) is 10.7 Å². The number of carbonyl (C=O) groups is 2. The molecule has 0 saturated carbocycles. The molecule has 4 aromatic rings. The van der Waals surface area contributed by atoms with Crippen LogP contribution < -0.4 is 11.1 Å². The minimum absolute atomic E-state index is 0.0616. The van der Waals surface area contributed by atoms with Gasteiger partial charge in [0.2, 0.25) is 5.95 Å². The highest BCUT2D eigenvalue weighted by Gasteiger charge is 2.30. The minimum atomic E-state index is -0.254. The molecule has 2 amide bonds. The van der Waals surface area contributed by atoms with Gasteiger partial charge in [-0.1, -0.05) is 24.1 Å². The van der Waals surface area contributed by atoms with Gasteiger partial charge in [0.05, 0.1) is 11.2 Å². The van der Waals surface area contributed by atoms with Crippen molar-refractivity contribution in [2.24, 2.45) is 0 Å². The fourth-order valence-electron chi connectivity index (χ4n) is 4.33. The molecule has 5 rings (SSSR count). The molecule has 9 nitrogen and oxygen atoms in total. The van der Waals surface area contributed by atoms with Crippen LogP contribution in [0.15, 0.2) is 60.9 Å². The minimum Gasteiger partial charge on any atom is -0.369 e. The fourth-order valence-corrected chi connectivity index (χ4v) is 4.33. The van der Waals surface area contributed by atoms with E-state index in [9.17, 15) is 9.59 Å². The van der Waals surface area contributed by atoms with Crippen LogP contribution in [0, 0.1) is 11.8 Å². The second-order valence-electron chi connectivity index (χ2n) is 8.20. The summed E-state index contributed by atoms with van der Waals surface area (Å²) in [5.74, 6) is 6.36. The average Bonchev–Trinajstić information content (AvgIpc) is 3.51. The zero-order valence-electron chi connectivity index (χ0n) is 19.1. The Morgan fingerprint density at radius 1 is 1.09 bits per heavy atom. The summed E-state index contributed by atoms with van der Waals surface area (Å²) in [7, 11) is 0. The number of likely N-dealkylation sites (tertiary alicyclic amines) is 1. The van der Waals surface area contributed by atoms with Gasteiger partial charge in [-0.15, -0.1) is 0 Å². The molecule has 0 bridgehead atoms. The Kier molecular flexibility index (Phi) is 5.85. The number of rotatable bonds is 4. The summed E-state index contributed by atoms with van der Waals surface area (Å²) in [5, 5.41) is 2.78. The number of anilines is 2. The van der Waals surface area contributed by atoms with Crippen molar-refractivity contribution < 1.29 is 9.59 Å². The molecule has 4 heterocycles. The molecule has 3 N–H and O–H groups in total. The van der Waals surface area contributed by atoms with Crippen LogP contribution in [0.25, 0.3) is 16.9 Å². The molecule has 1 saturated heterocycles. The van der Waals surface area contributed by atoms with E-state index in [-0.39, 0.29) is 17.7 Å². The third kappa shape index (κ3) is 4.29. The molecule has 1 aliphatic heterocycles. The van der Waals surface area contributed by atoms with E-state index >= 15 is 0 Å². The van der Waals surface area contributed by atoms with E-state index < -0.39 is 0 Å². The van der Waals surface area contributed by atoms with Gasteiger partial charge in [-0.2, -0.15) is 0 Å². The van der Waals surface area contributed by atoms with Gasteiger partial charge in [-0.05, 0) is 49.6 Å². The molecular weight excluding hydrogens is 442 g/mol. The Labute approximate surface area is 202 Å². The van der Waals surface area contributed by atoms with Crippen molar-refractivity contribution in [3.8, 4) is 23.2 Å². The Hall–Kier alpha value is -4.71. The van der Waals surface area contributed by atoms with E-state index in [2.05, 4.69) is 27.1 Å². The van der Waals surface area contributed by atoms with Crippen molar-refractivity contribution in [3.63, 3.8) is 0 Å². The summed E-state index contributed by atoms with van der Waals surface area (Å²) in [5.41, 5.74) is 9.25. The van der Waals surface area contributed by atoms with E-state index in [0.29, 0.717) is 36.2 Å². The third-order valence-corrected chi connectivity index (χ3v) is 6.02. The van der Waals surface area contributed by atoms with Crippen LogP contribution in [0.5, 0.6) is 0 Å². The van der Waals surface area contributed by atoms with Crippen molar-refractivity contribution in [1.82, 2.24) is 24.3 Å². The molecular formula is C26H23N7O2. The number of pyridine rings is 1. The Bertz CT molecular complexity index is 1470. The van der Waals surface area contributed by atoms with Crippen molar-refractivity contribution in [3.05, 3.63) is 72.2 Å². The van der Waals surface area contributed by atoms with Gasteiger partial charge in [-0.25, -0.2) is 15.0 Å². The maximum atomic E-state index is 12.6. The number of hydrogen-bond acceptors (Lipinski definition) is 6. The van der Waals surface area contributed by atoms with Gasteiger partial charge in [0.1, 0.15) is 11.6 Å². The predicted octanol–water partition coefficient (Wildman–Crippen LogP) is 2.97. The van der Waals surface area contributed by atoms with Crippen LogP contribution in [-0.4, -0.2) is 49.2 Å². The maximum absolute atomic E-state index is 12.6. The molecule has 0 radical (unpaired) electrons. The molecule has 3 aromatic heterocycles. The van der Waals surface area contributed by atoms with Gasteiger partial charge >= 0.3 is 0 Å². The second kappa shape index (κ2) is 9.27. The van der Waals surface area contributed by atoms with Crippen LogP contribution in [0.2, 0.25) is 0 Å². The molecule has 0 spiro atoms. The average molecular weight is 466 g/mol. The summed E-state index contributed by atoms with van der Waals surface area (Å²) in [6, 6.07) is 14.3. The summed E-state index contributed by atoms with van der Waals surface area (Å²) >= 11 is 0. The Balaban J connectivity index is 1.45. The molecule has 174 valence electrons. The lowest BCUT2D eigenvalue weighted by Gasteiger charge is -2.12. The first-order chi connectivity index (χ1) is 17.0. The second-order valence-corrected chi connectivity index (χ2v) is 8.20. The SMILES string of the molecule is CC#CC(=O)N1CCC(c2nc(-c3ccc(C(=O)Nc4ccccn4)cc3)n3c(N)nccc23)C1. The molecule has 1 atom stereocenters. The van der Waals surface area contributed by atoms with Gasteiger partial charge in [0.15, 0.2) is 0 Å². The fraction of sp³-hybridized carbons (Fsp3) is 0.192. The van der Waals surface area contributed by atoms with E-state index in [1.165, 1.54) is 0 Å². The van der Waals surface area contributed by atoms with Crippen LogP contribution in [0.4, 0.5) is 11.8 Å². The van der Waals surface area contributed by atoms with Crippen molar-refractivity contribution in [2.75, 3.05) is 24.1 Å². The van der Waals surface area contributed by atoms with E-state index in [1.807, 2.05) is 28.7 Å². The summed E-state index contributed by atoms with van der Waals surface area (Å²) in [6.45, 7) is 2.84. The Morgan fingerprint density at radius 3 is 2.66 bits per heavy atom. The Morgan fingerprint density at radius 2 is 1.91 bits per heavy atom. The smallest absolute Gasteiger partial charge is 0.298 e. The quantitative estimate of drug-likeness (QED) is 0.448. The van der Waals surface area contributed by atoms with Crippen LogP contribution in [0.3, 0.4) is 0 Å². The van der Waals surface area contributed by atoms with Gasteiger partial charge in [-0.3, -0.25) is 14.0 Å².